The minimum Gasteiger partial charge on any atom is -0.472 e. The zero-order valence-electron chi connectivity index (χ0n) is 14.2. The van der Waals surface area contributed by atoms with Crippen molar-refractivity contribution in [1.82, 2.24) is 15.2 Å². The number of nitrogens with one attached hydrogen (secondary N) is 1. The van der Waals surface area contributed by atoms with Crippen LogP contribution in [0.15, 0.2) is 35.4 Å². The van der Waals surface area contributed by atoms with Gasteiger partial charge in [0.25, 0.3) is 5.56 Å². The van der Waals surface area contributed by atoms with E-state index in [1.54, 1.807) is 12.4 Å². The van der Waals surface area contributed by atoms with Gasteiger partial charge in [0.2, 0.25) is 5.88 Å². The number of halogens is 1. The van der Waals surface area contributed by atoms with Crippen LogP contribution in [0.25, 0.3) is 5.57 Å². The molecular weight excluding hydrogens is 356 g/mol. The summed E-state index contributed by atoms with van der Waals surface area (Å²) in [7, 11) is 0. The zero-order chi connectivity index (χ0) is 17.9. The maximum Gasteiger partial charge on any atom is 0.285 e. The second-order valence-electron chi connectivity index (χ2n) is 6.31. The van der Waals surface area contributed by atoms with Crippen LogP contribution in [0.1, 0.15) is 18.4 Å². The second kappa shape index (κ2) is 7.47. The van der Waals surface area contributed by atoms with Crippen LogP contribution in [0.5, 0.6) is 5.88 Å². The number of aromatic amines is 1. The minimum atomic E-state index is -0.382. The van der Waals surface area contributed by atoms with Crippen LogP contribution in [0.2, 0.25) is 5.02 Å². The molecule has 2 aromatic rings. The summed E-state index contributed by atoms with van der Waals surface area (Å²) in [5, 5.41) is 6.32. The molecule has 0 bridgehead atoms. The first-order valence-electron chi connectivity index (χ1n) is 8.58. The summed E-state index contributed by atoms with van der Waals surface area (Å²) in [6, 6.07) is 3.97. The van der Waals surface area contributed by atoms with Gasteiger partial charge in [0, 0.05) is 25.2 Å². The fraction of sp³-hybridized carbons (Fsp3) is 0.389. The van der Waals surface area contributed by atoms with Gasteiger partial charge in [-0.3, -0.25) is 4.79 Å². The van der Waals surface area contributed by atoms with Gasteiger partial charge in [-0.2, -0.15) is 5.10 Å². The highest BCUT2D eigenvalue weighted by Gasteiger charge is 2.27. The molecule has 0 spiro atoms. The number of hydrogen-bond acceptors (Lipinski definition) is 6. The minimum absolute atomic E-state index is 0.0169. The van der Waals surface area contributed by atoms with Gasteiger partial charge in [-0.05, 0) is 23.6 Å². The van der Waals surface area contributed by atoms with Crippen LogP contribution in [0.3, 0.4) is 0 Å². The average molecular weight is 375 g/mol. The van der Waals surface area contributed by atoms with Gasteiger partial charge in [0.1, 0.15) is 11.1 Å². The molecule has 0 radical (unpaired) electrons. The van der Waals surface area contributed by atoms with Gasteiger partial charge in [-0.15, -0.1) is 0 Å². The highest BCUT2D eigenvalue weighted by atomic mass is 35.5. The summed E-state index contributed by atoms with van der Waals surface area (Å²) < 4.78 is 11.4. The van der Waals surface area contributed by atoms with E-state index in [4.69, 9.17) is 21.1 Å². The molecule has 8 heteroatoms. The van der Waals surface area contributed by atoms with Crippen LogP contribution in [0, 0.1) is 0 Å². The molecule has 1 fully saturated rings. The monoisotopic (exact) mass is 374 g/mol. The molecule has 26 heavy (non-hydrogen) atoms. The Labute approximate surface area is 155 Å². The fourth-order valence-electron chi connectivity index (χ4n) is 3.27. The number of H-pyrrole nitrogens is 1. The number of aromatic nitrogens is 3. The predicted octanol–water partition coefficient (Wildman–Crippen LogP) is 2.28. The normalized spacial score (nSPS) is 20.1. The summed E-state index contributed by atoms with van der Waals surface area (Å²) in [5.41, 5.74) is 2.64. The lowest BCUT2D eigenvalue weighted by molar-refractivity contribution is 0.161. The third-order valence-corrected chi connectivity index (χ3v) is 4.98. The van der Waals surface area contributed by atoms with E-state index in [9.17, 15) is 4.79 Å². The van der Waals surface area contributed by atoms with Crippen LogP contribution in [-0.4, -0.2) is 47.6 Å². The Hall–Kier alpha value is -2.38. The predicted molar refractivity (Wildman–Crippen MR) is 98.8 cm³/mol. The van der Waals surface area contributed by atoms with Gasteiger partial charge in [0.15, 0.2) is 0 Å². The highest BCUT2D eigenvalue weighted by Crippen LogP contribution is 2.28. The molecule has 4 rings (SSSR count). The molecule has 0 unspecified atom stereocenters. The van der Waals surface area contributed by atoms with Crippen molar-refractivity contribution >= 4 is 22.9 Å². The lowest BCUT2D eigenvalue weighted by Gasteiger charge is -2.19. The Balaban J connectivity index is 1.45. The largest absolute Gasteiger partial charge is 0.472 e. The lowest BCUT2D eigenvalue weighted by Crippen LogP contribution is -2.26. The zero-order valence-corrected chi connectivity index (χ0v) is 14.9. The topological polar surface area (TPSA) is 80.3 Å². The van der Waals surface area contributed by atoms with E-state index >= 15 is 0 Å². The molecule has 136 valence electrons. The van der Waals surface area contributed by atoms with E-state index in [1.807, 2.05) is 17.0 Å². The molecule has 2 aliphatic rings. The number of nitrogens with zero attached hydrogens (tertiary/aromatic N) is 3. The molecule has 1 saturated heterocycles. The van der Waals surface area contributed by atoms with Gasteiger partial charge in [-0.25, -0.2) is 10.1 Å². The molecule has 0 aromatic carbocycles. The van der Waals surface area contributed by atoms with Crippen LogP contribution >= 0.6 is 11.6 Å². The number of anilines is 1. The summed E-state index contributed by atoms with van der Waals surface area (Å²) in [4.78, 5) is 18.0. The summed E-state index contributed by atoms with van der Waals surface area (Å²) in [6.45, 7) is 2.77. The van der Waals surface area contributed by atoms with Crippen molar-refractivity contribution in [2.45, 2.75) is 18.9 Å². The first-order chi connectivity index (χ1) is 12.7. The Bertz CT molecular complexity index is 883. The molecule has 0 amide bonds. The smallest absolute Gasteiger partial charge is 0.285 e. The maximum atomic E-state index is 11.6. The summed E-state index contributed by atoms with van der Waals surface area (Å²) >= 11 is 6.09. The Morgan fingerprint density at radius 3 is 3.19 bits per heavy atom. The number of hydrogen-bond donors (Lipinski definition) is 1. The van der Waals surface area contributed by atoms with Crippen molar-refractivity contribution in [2.24, 2.45) is 0 Å². The molecule has 4 heterocycles. The van der Waals surface area contributed by atoms with Gasteiger partial charge in [-0.1, -0.05) is 17.7 Å². The molecule has 7 nitrogen and oxygen atoms in total. The standard InChI is InChI=1S/C18H19ClN4O3/c19-17-15(10-21-22-18(17)24)23-6-2-14(11-23)26-16-9-13(1-5-20-16)12-3-7-25-8-4-12/h1,3,5,9-10,14H,2,4,6-8,11H2,(H,22,24)/t14-/m1/s1. The Kier molecular flexibility index (Phi) is 4.90. The fourth-order valence-corrected chi connectivity index (χ4v) is 3.48. The van der Waals surface area contributed by atoms with Crippen molar-refractivity contribution in [3.05, 3.63) is 51.5 Å². The van der Waals surface area contributed by atoms with E-state index < -0.39 is 0 Å². The van der Waals surface area contributed by atoms with E-state index in [2.05, 4.69) is 21.3 Å². The van der Waals surface area contributed by atoms with Crippen LogP contribution in [0.4, 0.5) is 5.69 Å². The van der Waals surface area contributed by atoms with E-state index in [0.29, 0.717) is 24.7 Å². The molecule has 0 aliphatic carbocycles. The van der Waals surface area contributed by atoms with E-state index in [-0.39, 0.29) is 16.7 Å². The average Bonchev–Trinajstić information content (AvgIpc) is 3.13. The molecule has 1 N–H and O–H groups in total. The van der Waals surface area contributed by atoms with E-state index in [0.717, 1.165) is 31.6 Å². The van der Waals surface area contributed by atoms with Crippen molar-refractivity contribution in [3.63, 3.8) is 0 Å². The molecule has 1 atom stereocenters. The second-order valence-corrected chi connectivity index (χ2v) is 6.69. The summed E-state index contributed by atoms with van der Waals surface area (Å²) in [6.07, 6.45) is 7.15. The van der Waals surface area contributed by atoms with Crippen molar-refractivity contribution in [1.29, 1.82) is 0 Å². The summed E-state index contributed by atoms with van der Waals surface area (Å²) in [5.74, 6) is 0.608. The first kappa shape index (κ1) is 17.1. The van der Waals surface area contributed by atoms with Crippen molar-refractivity contribution in [3.8, 4) is 5.88 Å². The lowest BCUT2D eigenvalue weighted by atomic mass is 10.0. The van der Waals surface area contributed by atoms with E-state index in [1.165, 1.54) is 5.57 Å². The molecule has 2 aliphatic heterocycles. The van der Waals surface area contributed by atoms with Crippen molar-refractivity contribution < 1.29 is 9.47 Å². The molecule has 2 aromatic heterocycles. The van der Waals surface area contributed by atoms with Crippen LogP contribution < -0.4 is 15.2 Å². The van der Waals surface area contributed by atoms with Gasteiger partial charge < -0.3 is 14.4 Å². The number of ether oxygens (including phenoxy) is 2. The first-order valence-corrected chi connectivity index (χ1v) is 8.96. The molecule has 0 saturated carbocycles. The van der Waals surface area contributed by atoms with Crippen molar-refractivity contribution in [2.75, 3.05) is 31.2 Å². The highest BCUT2D eigenvalue weighted by molar-refractivity contribution is 6.33. The third kappa shape index (κ3) is 3.59. The molecular formula is C18H19ClN4O3. The maximum absolute atomic E-state index is 11.6. The SMILES string of the molecule is O=c1[nH]ncc(N2CC[C@@H](Oc3cc(C4=CCOCC4)ccn3)C2)c1Cl. The quantitative estimate of drug-likeness (QED) is 0.884. The third-order valence-electron chi connectivity index (χ3n) is 4.62. The number of pyridine rings is 1. The van der Waals surface area contributed by atoms with Gasteiger partial charge in [0.05, 0.1) is 31.6 Å². The Morgan fingerprint density at radius 2 is 2.35 bits per heavy atom. The van der Waals surface area contributed by atoms with Gasteiger partial charge >= 0.3 is 0 Å². The Morgan fingerprint density at radius 1 is 1.42 bits per heavy atom. The van der Waals surface area contributed by atoms with Crippen LogP contribution in [-0.2, 0) is 4.74 Å². The number of rotatable bonds is 4.